The molecule has 1 aromatic heterocycles. The first kappa shape index (κ1) is 18.2. The van der Waals surface area contributed by atoms with Crippen molar-refractivity contribution in [3.05, 3.63) is 83.6 Å². The van der Waals surface area contributed by atoms with Gasteiger partial charge in [-0.3, -0.25) is 9.78 Å². The summed E-state index contributed by atoms with van der Waals surface area (Å²) in [4.78, 5) is 21.6. The Balaban J connectivity index is 1.40. The van der Waals surface area contributed by atoms with Crippen molar-refractivity contribution in [3.8, 4) is 11.3 Å². The molecule has 28 heavy (non-hydrogen) atoms. The summed E-state index contributed by atoms with van der Waals surface area (Å²) in [7, 11) is 0. The first-order valence-electron chi connectivity index (χ1n) is 9.74. The molecule has 142 valence electrons. The molecule has 4 heteroatoms. The number of anilines is 1. The Labute approximate surface area is 166 Å². The van der Waals surface area contributed by atoms with Gasteiger partial charge >= 0.3 is 0 Å². The molecular formula is C24H25N3O. The average Bonchev–Trinajstić information content (AvgIpc) is 2.74. The summed E-state index contributed by atoms with van der Waals surface area (Å²) in [6.45, 7) is 7.35. The summed E-state index contributed by atoms with van der Waals surface area (Å²) in [6.07, 6.45) is 1.86. The van der Waals surface area contributed by atoms with Gasteiger partial charge in [0.05, 0.1) is 5.69 Å². The van der Waals surface area contributed by atoms with Gasteiger partial charge in [-0.2, -0.15) is 0 Å². The SMILES string of the molecule is Cc1ccc(-c2ccc(C(=O)N3CCN(c4cccc(C)c4)CC3)cc2)nc1. The van der Waals surface area contributed by atoms with E-state index in [1.165, 1.54) is 11.3 Å². The lowest BCUT2D eigenvalue weighted by molar-refractivity contribution is 0.0747. The van der Waals surface area contributed by atoms with E-state index in [4.69, 9.17) is 0 Å². The van der Waals surface area contributed by atoms with Crippen LogP contribution in [0.4, 0.5) is 5.69 Å². The molecule has 1 aliphatic heterocycles. The van der Waals surface area contributed by atoms with Crippen LogP contribution in [0.3, 0.4) is 0 Å². The third kappa shape index (κ3) is 3.91. The molecule has 0 aliphatic carbocycles. The second-order valence-corrected chi connectivity index (χ2v) is 7.42. The molecule has 0 radical (unpaired) electrons. The highest BCUT2D eigenvalue weighted by molar-refractivity contribution is 5.94. The van der Waals surface area contributed by atoms with Crippen LogP contribution in [-0.2, 0) is 0 Å². The Bertz CT molecular complexity index is 956. The first-order valence-corrected chi connectivity index (χ1v) is 9.74. The van der Waals surface area contributed by atoms with Gasteiger partial charge in [0.25, 0.3) is 5.91 Å². The molecule has 0 saturated carbocycles. The van der Waals surface area contributed by atoms with Gasteiger partial charge in [0.15, 0.2) is 0 Å². The quantitative estimate of drug-likeness (QED) is 0.688. The van der Waals surface area contributed by atoms with Crippen molar-refractivity contribution in [2.24, 2.45) is 0 Å². The molecule has 0 N–H and O–H groups in total. The van der Waals surface area contributed by atoms with E-state index in [9.17, 15) is 4.79 Å². The van der Waals surface area contributed by atoms with Crippen LogP contribution in [0.25, 0.3) is 11.3 Å². The van der Waals surface area contributed by atoms with E-state index in [-0.39, 0.29) is 5.91 Å². The summed E-state index contributed by atoms with van der Waals surface area (Å²) < 4.78 is 0. The van der Waals surface area contributed by atoms with Gasteiger partial charge in [0.1, 0.15) is 0 Å². The number of aromatic nitrogens is 1. The van der Waals surface area contributed by atoms with Crippen LogP contribution in [0, 0.1) is 13.8 Å². The topological polar surface area (TPSA) is 36.4 Å². The maximum atomic E-state index is 12.9. The van der Waals surface area contributed by atoms with E-state index in [1.807, 2.05) is 48.4 Å². The largest absolute Gasteiger partial charge is 0.368 e. The fourth-order valence-corrected chi connectivity index (χ4v) is 3.60. The molecule has 1 saturated heterocycles. The molecule has 2 heterocycles. The maximum Gasteiger partial charge on any atom is 0.253 e. The van der Waals surface area contributed by atoms with E-state index in [0.29, 0.717) is 0 Å². The van der Waals surface area contributed by atoms with Crippen LogP contribution in [-0.4, -0.2) is 42.0 Å². The van der Waals surface area contributed by atoms with Crippen LogP contribution < -0.4 is 4.90 Å². The Kier molecular flexibility index (Phi) is 5.11. The number of amides is 1. The predicted octanol–water partition coefficient (Wildman–Crippen LogP) is 4.33. The summed E-state index contributed by atoms with van der Waals surface area (Å²) in [5.41, 5.74) is 6.33. The molecule has 0 atom stereocenters. The van der Waals surface area contributed by atoms with E-state index in [0.717, 1.165) is 48.6 Å². The smallest absolute Gasteiger partial charge is 0.253 e. The van der Waals surface area contributed by atoms with Crippen molar-refractivity contribution >= 4 is 11.6 Å². The minimum absolute atomic E-state index is 0.104. The highest BCUT2D eigenvalue weighted by atomic mass is 16.2. The lowest BCUT2D eigenvalue weighted by Crippen LogP contribution is -2.48. The number of rotatable bonds is 3. The number of nitrogens with zero attached hydrogens (tertiary/aromatic N) is 3. The Hall–Kier alpha value is -3.14. The van der Waals surface area contributed by atoms with E-state index in [1.54, 1.807) is 0 Å². The highest BCUT2D eigenvalue weighted by Crippen LogP contribution is 2.21. The van der Waals surface area contributed by atoms with Gasteiger partial charge in [-0.15, -0.1) is 0 Å². The predicted molar refractivity (Wildman–Crippen MR) is 114 cm³/mol. The molecule has 4 nitrogen and oxygen atoms in total. The summed E-state index contributed by atoms with van der Waals surface area (Å²) in [6, 6.07) is 20.4. The lowest BCUT2D eigenvalue weighted by atomic mass is 10.1. The normalized spacial score (nSPS) is 14.2. The number of aryl methyl sites for hydroxylation is 2. The van der Waals surface area contributed by atoms with Gasteiger partial charge < -0.3 is 9.80 Å². The number of piperazine rings is 1. The van der Waals surface area contributed by atoms with Gasteiger partial charge in [0.2, 0.25) is 0 Å². The van der Waals surface area contributed by atoms with Gasteiger partial charge in [-0.05, 0) is 55.3 Å². The van der Waals surface area contributed by atoms with Crippen molar-refractivity contribution in [1.29, 1.82) is 0 Å². The van der Waals surface area contributed by atoms with Crippen LogP contribution in [0.15, 0.2) is 66.9 Å². The zero-order chi connectivity index (χ0) is 19.5. The summed E-state index contributed by atoms with van der Waals surface area (Å²) in [5, 5.41) is 0. The number of hydrogen-bond acceptors (Lipinski definition) is 3. The molecule has 0 unspecified atom stereocenters. The Morgan fingerprint density at radius 1 is 0.857 bits per heavy atom. The fourth-order valence-electron chi connectivity index (χ4n) is 3.60. The molecular weight excluding hydrogens is 346 g/mol. The highest BCUT2D eigenvalue weighted by Gasteiger charge is 2.22. The summed E-state index contributed by atoms with van der Waals surface area (Å²) in [5.74, 6) is 0.104. The standard InChI is InChI=1S/C24H25N3O/c1-18-4-3-5-22(16-18)26-12-14-27(15-13-26)24(28)21-9-7-20(8-10-21)23-11-6-19(2)17-25-23/h3-11,16-17H,12-15H2,1-2H3. The van der Waals surface area contributed by atoms with Crippen molar-refractivity contribution in [2.75, 3.05) is 31.1 Å². The second-order valence-electron chi connectivity index (χ2n) is 7.42. The molecule has 4 rings (SSSR count). The van der Waals surface area contributed by atoms with Crippen LogP contribution >= 0.6 is 0 Å². The minimum atomic E-state index is 0.104. The van der Waals surface area contributed by atoms with E-state index in [2.05, 4.69) is 47.1 Å². The van der Waals surface area contributed by atoms with Crippen molar-refractivity contribution in [2.45, 2.75) is 13.8 Å². The van der Waals surface area contributed by atoms with E-state index < -0.39 is 0 Å². The molecule has 1 fully saturated rings. The maximum absolute atomic E-state index is 12.9. The van der Waals surface area contributed by atoms with Crippen LogP contribution in [0.5, 0.6) is 0 Å². The van der Waals surface area contributed by atoms with Gasteiger partial charge in [-0.25, -0.2) is 0 Å². The molecule has 0 spiro atoms. The Morgan fingerprint density at radius 3 is 2.25 bits per heavy atom. The molecule has 1 amide bonds. The fraction of sp³-hybridized carbons (Fsp3) is 0.250. The molecule has 3 aromatic rings. The van der Waals surface area contributed by atoms with Crippen molar-refractivity contribution in [3.63, 3.8) is 0 Å². The molecule has 0 bridgehead atoms. The zero-order valence-electron chi connectivity index (χ0n) is 16.4. The van der Waals surface area contributed by atoms with Gasteiger partial charge in [-0.1, -0.05) is 30.3 Å². The third-order valence-electron chi connectivity index (χ3n) is 5.27. The molecule has 2 aromatic carbocycles. The monoisotopic (exact) mass is 371 g/mol. The van der Waals surface area contributed by atoms with Crippen LogP contribution in [0.1, 0.15) is 21.5 Å². The number of carbonyl (C=O) groups excluding carboxylic acids is 1. The number of hydrogen-bond donors (Lipinski definition) is 0. The zero-order valence-corrected chi connectivity index (χ0v) is 16.4. The summed E-state index contributed by atoms with van der Waals surface area (Å²) >= 11 is 0. The Morgan fingerprint density at radius 2 is 1.61 bits per heavy atom. The number of benzene rings is 2. The third-order valence-corrected chi connectivity index (χ3v) is 5.27. The lowest BCUT2D eigenvalue weighted by Gasteiger charge is -2.36. The second kappa shape index (κ2) is 7.85. The first-order chi connectivity index (χ1) is 13.6. The van der Waals surface area contributed by atoms with Gasteiger partial charge in [0, 0.05) is 49.2 Å². The minimum Gasteiger partial charge on any atom is -0.368 e. The van der Waals surface area contributed by atoms with E-state index >= 15 is 0 Å². The molecule has 1 aliphatic rings. The number of pyridine rings is 1. The number of carbonyl (C=O) groups is 1. The average molecular weight is 371 g/mol. The van der Waals surface area contributed by atoms with Crippen molar-refractivity contribution in [1.82, 2.24) is 9.88 Å². The van der Waals surface area contributed by atoms with Crippen LogP contribution in [0.2, 0.25) is 0 Å². The van der Waals surface area contributed by atoms with Crippen molar-refractivity contribution < 1.29 is 4.79 Å².